The second kappa shape index (κ2) is 6.21. The SMILES string of the molecule is Cc1ccc(C)c(C(Cc2c(C)cccc2C)NN)c1. The average molecular weight is 268 g/mol. The molecule has 2 nitrogen and oxygen atoms in total. The largest absolute Gasteiger partial charge is 0.271 e. The van der Waals surface area contributed by atoms with Gasteiger partial charge in [-0.05, 0) is 61.9 Å². The maximum atomic E-state index is 5.82. The number of rotatable bonds is 4. The predicted octanol–water partition coefficient (Wildman–Crippen LogP) is 3.67. The van der Waals surface area contributed by atoms with Gasteiger partial charge in [0.05, 0.1) is 6.04 Å². The van der Waals surface area contributed by atoms with Crippen LogP contribution < -0.4 is 11.3 Å². The Morgan fingerprint density at radius 2 is 1.60 bits per heavy atom. The zero-order chi connectivity index (χ0) is 14.7. The summed E-state index contributed by atoms with van der Waals surface area (Å²) in [6.07, 6.45) is 0.916. The molecule has 2 heteroatoms. The van der Waals surface area contributed by atoms with Crippen LogP contribution >= 0.6 is 0 Å². The van der Waals surface area contributed by atoms with Crippen molar-refractivity contribution in [3.05, 3.63) is 69.8 Å². The molecule has 0 saturated carbocycles. The molecule has 0 aromatic heterocycles. The lowest BCUT2D eigenvalue weighted by molar-refractivity contribution is 0.547. The molecule has 1 unspecified atom stereocenters. The molecule has 106 valence electrons. The van der Waals surface area contributed by atoms with Gasteiger partial charge in [0.25, 0.3) is 0 Å². The number of nitrogens with one attached hydrogen (secondary N) is 1. The molecule has 0 heterocycles. The van der Waals surface area contributed by atoms with Crippen LogP contribution in [0.1, 0.15) is 39.4 Å². The fourth-order valence-corrected chi connectivity index (χ4v) is 2.77. The molecule has 2 rings (SSSR count). The van der Waals surface area contributed by atoms with Crippen molar-refractivity contribution in [2.45, 2.75) is 40.2 Å². The van der Waals surface area contributed by atoms with E-state index in [2.05, 4.69) is 69.5 Å². The van der Waals surface area contributed by atoms with Gasteiger partial charge in [0.2, 0.25) is 0 Å². The van der Waals surface area contributed by atoms with E-state index in [4.69, 9.17) is 5.84 Å². The summed E-state index contributed by atoms with van der Waals surface area (Å²) in [6, 6.07) is 13.1. The summed E-state index contributed by atoms with van der Waals surface area (Å²) in [4.78, 5) is 0. The first-order valence-corrected chi connectivity index (χ1v) is 7.11. The quantitative estimate of drug-likeness (QED) is 0.656. The minimum atomic E-state index is 0.148. The highest BCUT2D eigenvalue weighted by atomic mass is 15.2. The predicted molar refractivity (Wildman–Crippen MR) is 85.6 cm³/mol. The Morgan fingerprint density at radius 3 is 2.20 bits per heavy atom. The third-order valence-corrected chi connectivity index (χ3v) is 4.06. The van der Waals surface area contributed by atoms with Crippen molar-refractivity contribution in [1.82, 2.24) is 5.43 Å². The number of aryl methyl sites for hydroxylation is 4. The molecule has 0 spiro atoms. The molecule has 0 aliphatic heterocycles. The first-order valence-electron chi connectivity index (χ1n) is 7.11. The van der Waals surface area contributed by atoms with Crippen molar-refractivity contribution < 1.29 is 0 Å². The molecule has 0 amide bonds. The molecule has 3 N–H and O–H groups in total. The summed E-state index contributed by atoms with van der Waals surface area (Å²) in [7, 11) is 0. The number of benzene rings is 2. The van der Waals surface area contributed by atoms with E-state index in [1.807, 2.05) is 0 Å². The molecule has 2 aromatic rings. The van der Waals surface area contributed by atoms with Crippen LogP contribution in [-0.4, -0.2) is 0 Å². The van der Waals surface area contributed by atoms with Crippen LogP contribution in [0.15, 0.2) is 36.4 Å². The van der Waals surface area contributed by atoms with Crippen molar-refractivity contribution in [1.29, 1.82) is 0 Å². The summed E-state index contributed by atoms with van der Waals surface area (Å²) >= 11 is 0. The van der Waals surface area contributed by atoms with Crippen molar-refractivity contribution in [3.8, 4) is 0 Å². The first-order chi connectivity index (χ1) is 9.52. The highest BCUT2D eigenvalue weighted by Crippen LogP contribution is 2.25. The Balaban J connectivity index is 2.36. The van der Waals surface area contributed by atoms with Gasteiger partial charge in [-0.1, -0.05) is 42.0 Å². The standard InChI is InChI=1S/C18H24N2/c1-12-8-9-15(4)17(10-12)18(20-19)11-16-13(2)6-5-7-14(16)3/h5-10,18,20H,11,19H2,1-4H3. The zero-order valence-electron chi connectivity index (χ0n) is 12.8. The van der Waals surface area contributed by atoms with Gasteiger partial charge >= 0.3 is 0 Å². The summed E-state index contributed by atoms with van der Waals surface area (Å²) in [5, 5.41) is 0. The molecule has 0 bridgehead atoms. The summed E-state index contributed by atoms with van der Waals surface area (Å²) in [5.74, 6) is 5.82. The number of nitrogens with two attached hydrogens (primary N) is 1. The van der Waals surface area contributed by atoms with E-state index < -0.39 is 0 Å². The summed E-state index contributed by atoms with van der Waals surface area (Å²) in [5.41, 5.74) is 10.9. The average Bonchev–Trinajstić information content (AvgIpc) is 2.42. The monoisotopic (exact) mass is 268 g/mol. The number of hydrazine groups is 1. The number of hydrogen-bond acceptors (Lipinski definition) is 2. The van der Waals surface area contributed by atoms with Gasteiger partial charge in [0.15, 0.2) is 0 Å². The van der Waals surface area contributed by atoms with E-state index in [9.17, 15) is 0 Å². The zero-order valence-corrected chi connectivity index (χ0v) is 12.8. The van der Waals surface area contributed by atoms with Crippen LogP contribution in [0.4, 0.5) is 0 Å². The van der Waals surface area contributed by atoms with Crippen molar-refractivity contribution in [3.63, 3.8) is 0 Å². The van der Waals surface area contributed by atoms with E-state index in [-0.39, 0.29) is 6.04 Å². The smallest absolute Gasteiger partial charge is 0.0503 e. The second-order valence-electron chi connectivity index (χ2n) is 5.65. The normalized spacial score (nSPS) is 12.4. The highest BCUT2D eigenvalue weighted by Gasteiger charge is 2.15. The lowest BCUT2D eigenvalue weighted by Gasteiger charge is -2.21. The summed E-state index contributed by atoms with van der Waals surface area (Å²) in [6.45, 7) is 8.59. The molecule has 0 saturated heterocycles. The second-order valence-corrected chi connectivity index (χ2v) is 5.65. The minimum absolute atomic E-state index is 0.148. The first kappa shape index (κ1) is 14.8. The van der Waals surface area contributed by atoms with Crippen LogP contribution in [-0.2, 0) is 6.42 Å². The van der Waals surface area contributed by atoms with E-state index in [1.54, 1.807) is 0 Å². The van der Waals surface area contributed by atoms with Gasteiger partial charge in [-0.15, -0.1) is 0 Å². The fourth-order valence-electron chi connectivity index (χ4n) is 2.77. The van der Waals surface area contributed by atoms with Crippen LogP contribution in [0, 0.1) is 27.7 Å². The van der Waals surface area contributed by atoms with Crippen molar-refractivity contribution in [2.24, 2.45) is 5.84 Å². The summed E-state index contributed by atoms with van der Waals surface area (Å²) < 4.78 is 0. The van der Waals surface area contributed by atoms with Gasteiger partial charge in [-0.3, -0.25) is 11.3 Å². The minimum Gasteiger partial charge on any atom is -0.271 e. The van der Waals surface area contributed by atoms with Gasteiger partial charge < -0.3 is 0 Å². The Labute approximate surface area is 122 Å². The maximum Gasteiger partial charge on any atom is 0.0503 e. The fraction of sp³-hybridized carbons (Fsp3) is 0.333. The molecule has 0 aliphatic carbocycles. The molecule has 1 atom stereocenters. The van der Waals surface area contributed by atoms with Gasteiger partial charge in [0, 0.05) is 0 Å². The maximum absolute atomic E-state index is 5.82. The molecular formula is C18H24N2. The van der Waals surface area contributed by atoms with Crippen LogP contribution in [0.2, 0.25) is 0 Å². The highest BCUT2D eigenvalue weighted by molar-refractivity contribution is 5.38. The lowest BCUT2D eigenvalue weighted by atomic mass is 9.91. The number of hydrogen-bond donors (Lipinski definition) is 2. The Morgan fingerprint density at radius 1 is 0.950 bits per heavy atom. The Bertz CT molecular complexity index is 582. The molecule has 0 radical (unpaired) electrons. The van der Waals surface area contributed by atoms with Crippen LogP contribution in [0.5, 0.6) is 0 Å². The van der Waals surface area contributed by atoms with Crippen LogP contribution in [0.3, 0.4) is 0 Å². The Hall–Kier alpha value is -1.64. The lowest BCUT2D eigenvalue weighted by Crippen LogP contribution is -2.30. The molecule has 0 aliphatic rings. The van der Waals surface area contributed by atoms with E-state index in [0.29, 0.717) is 0 Å². The molecule has 2 aromatic carbocycles. The molecule has 0 fully saturated rings. The molecule has 20 heavy (non-hydrogen) atoms. The van der Waals surface area contributed by atoms with Crippen LogP contribution in [0.25, 0.3) is 0 Å². The van der Waals surface area contributed by atoms with E-state index in [1.165, 1.54) is 33.4 Å². The van der Waals surface area contributed by atoms with Gasteiger partial charge in [-0.25, -0.2) is 0 Å². The molecular weight excluding hydrogens is 244 g/mol. The van der Waals surface area contributed by atoms with Crippen molar-refractivity contribution in [2.75, 3.05) is 0 Å². The van der Waals surface area contributed by atoms with E-state index >= 15 is 0 Å². The van der Waals surface area contributed by atoms with E-state index in [0.717, 1.165) is 6.42 Å². The third-order valence-electron chi connectivity index (χ3n) is 4.06. The van der Waals surface area contributed by atoms with Gasteiger partial charge in [-0.2, -0.15) is 0 Å². The third kappa shape index (κ3) is 3.09. The van der Waals surface area contributed by atoms with Crippen molar-refractivity contribution >= 4 is 0 Å². The van der Waals surface area contributed by atoms with Gasteiger partial charge in [0.1, 0.15) is 0 Å². The Kier molecular flexibility index (Phi) is 4.58. The topological polar surface area (TPSA) is 38.0 Å².